The van der Waals surface area contributed by atoms with Crippen molar-refractivity contribution in [3.05, 3.63) is 45.3 Å². The number of ether oxygens (including phenoxy) is 1. The number of nitrogens with zero attached hydrogens (tertiary/aromatic N) is 3. The number of nitro benzene ring substituents is 1. The lowest BCUT2D eigenvalue weighted by Crippen LogP contribution is -1.99. The molecule has 0 radical (unpaired) electrons. The van der Waals surface area contributed by atoms with Gasteiger partial charge in [-0.05, 0) is 6.07 Å². The van der Waals surface area contributed by atoms with Crippen LogP contribution >= 0.6 is 0 Å². The van der Waals surface area contributed by atoms with Crippen LogP contribution in [0.2, 0.25) is 0 Å². The molecule has 0 bridgehead atoms. The van der Waals surface area contributed by atoms with Crippen molar-refractivity contribution in [3.8, 4) is 0 Å². The monoisotopic (exact) mass is 292 g/mol. The number of esters is 1. The number of nitrogens with two attached hydrogens (primary N) is 1. The van der Waals surface area contributed by atoms with Crippen molar-refractivity contribution in [2.45, 2.75) is 0 Å². The molecule has 0 atom stereocenters. The van der Waals surface area contributed by atoms with Gasteiger partial charge in [-0.15, -0.1) is 0 Å². The van der Waals surface area contributed by atoms with Gasteiger partial charge in [0.2, 0.25) is 0 Å². The molecule has 8 nitrogen and oxygen atoms in total. The molecule has 9 heteroatoms. The first-order valence-electron chi connectivity index (χ1n) is 5.61. The predicted molar refractivity (Wildman–Crippen MR) is 72.5 cm³/mol. The van der Waals surface area contributed by atoms with E-state index in [1.54, 1.807) is 0 Å². The van der Waals surface area contributed by atoms with E-state index in [1.807, 2.05) is 0 Å². The van der Waals surface area contributed by atoms with Gasteiger partial charge in [0.05, 0.1) is 22.9 Å². The van der Waals surface area contributed by atoms with Crippen LogP contribution in [0, 0.1) is 15.9 Å². The number of hydrogen-bond donors (Lipinski definition) is 1. The van der Waals surface area contributed by atoms with Gasteiger partial charge in [0.1, 0.15) is 17.1 Å². The summed E-state index contributed by atoms with van der Waals surface area (Å²) in [5, 5.41) is 11.0. The standard InChI is InChI=1S/C12H9FN4O4/c1-15-10(16-5-14)4-9-11-7(12(18)21-9)2-6(13)3-8(11)17(19)20/h2-5H,1H3,(H2,14,15,16)/b9-4-. The fourth-order valence-corrected chi connectivity index (χ4v) is 1.82. The van der Waals surface area contributed by atoms with Crippen molar-refractivity contribution in [1.29, 1.82) is 0 Å². The summed E-state index contributed by atoms with van der Waals surface area (Å²) in [6.07, 6.45) is 2.17. The number of benzene rings is 1. The number of carbonyl (C=O) groups is 1. The maximum Gasteiger partial charge on any atom is 0.344 e. The normalized spacial score (nSPS) is 16.4. The minimum Gasteiger partial charge on any atom is -0.422 e. The van der Waals surface area contributed by atoms with Crippen LogP contribution in [0.5, 0.6) is 0 Å². The molecule has 2 N–H and O–H groups in total. The van der Waals surface area contributed by atoms with Gasteiger partial charge in [-0.25, -0.2) is 14.2 Å². The SMILES string of the molecule is CN=C(/C=C1\OC(=O)c2cc(F)cc([N+](=O)[O-])c21)N=CN. The van der Waals surface area contributed by atoms with Crippen molar-refractivity contribution < 1.29 is 18.8 Å². The summed E-state index contributed by atoms with van der Waals surface area (Å²) in [5.41, 5.74) is 4.22. The molecular formula is C12H9FN4O4. The Kier molecular flexibility index (Phi) is 3.74. The average molecular weight is 292 g/mol. The van der Waals surface area contributed by atoms with Gasteiger partial charge in [-0.1, -0.05) is 0 Å². The largest absolute Gasteiger partial charge is 0.422 e. The Morgan fingerprint density at radius 3 is 2.81 bits per heavy atom. The summed E-state index contributed by atoms with van der Waals surface area (Å²) < 4.78 is 18.2. The third kappa shape index (κ3) is 2.61. The summed E-state index contributed by atoms with van der Waals surface area (Å²) in [6.45, 7) is 0. The summed E-state index contributed by atoms with van der Waals surface area (Å²) in [6, 6.07) is 1.59. The molecule has 0 fully saturated rings. The topological polar surface area (TPSA) is 120 Å². The van der Waals surface area contributed by atoms with Crippen LogP contribution in [0.25, 0.3) is 5.76 Å². The summed E-state index contributed by atoms with van der Waals surface area (Å²) in [4.78, 5) is 29.3. The minimum atomic E-state index is -0.900. The quantitative estimate of drug-likeness (QED) is 0.289. The lowest BCUT2D eigenvalue weighted by atomic mass is 10.1. The highest BCUT2D eigenvalue weighted by molar-refractivity contribution is 6.10. The van der Waals surface area contributed by atoms with E-state index in [4.69, 9.17) is 10.5 Å². The Morgan fingerprint density at radius 1 is 1.52 bits per heavy atom. The first-order valence-corrected chi connectivity index (χ1v) is 5.61. The molecule has 1 aliphatic heterocycles. The molecule has 1 heterocycles. The number of fused-ring (bicyclic) bond motifs is 1. The van der Waals surface area contributed by atoms with E-state index in [0.717, 1.165) is 12.4 Å². The second-order valence-corrected chi connectivity index (χ2v) is 3.86. The smallest absolute Gasteiger partial charge is 0.344 e. The van der Waals surface area contributed by atoms with Crippen molar-refractivity contribution in [3.63, 3.8) is 0 Å². The third-order valence-corrected chi connectivity index (χ3v) is 2.64. The zero-order valence-electron chi connectivity index (χ0n) is 10.7. The fraction of sp³-hybridized carbons (Fsp3) is 0.0833. The number of halogens is 1. The van der Waals surface area contributed by atoms with Gasteiger partial charge in [0.25, 0.3) is 5.69 Å². The second-order valence-electron chi connectivity index (χ2n) is 3.86. The number of cyclic esters (lactones) is 1. The summed E-state index contributed by atoms with van der Waals surface area (Å²) in [5.74, 6) is -1.83. The van der Waals surface area contributed by atoms with Crippen molar-refractivity contribution in [2.75, 3.05) is 7.05 Å². The Balaban J connectivity index is 2.67. The van der Waals surface area contributed by atoms with Gasteiger partial charge in [0, 0.05) is 13.1 Å². The Labute approximate surface area is 117 Å². The van der Waals surface area contributed by atoms with Crippen LogP contribution in [0.3, 0.4) is 0 Å². The first-order chi connectivity index (χ1) is 9.97. The molecule has 0 aromatic heterocycles. The summed E-state index contributed by atoms with van der Waals surface area (Å²) >= 11 is 0. The van der Waals surface area contributed by atoms with Crippen LogP contribution in [0.4, 0.5) is 10.1 Å². The van der Waals surface area contributed by atoms with Crippen LogP contribution in [0.15, 0.2) is 28.2 Å². The molecule has 1 aromatic rings. The van der Waals surface area contributed by atoms with Crippen LogP contribution in [0.1, 0.15) is 15.9 Å². The highest BCUT2D eigenvalue weighted by atomic mass is 19.1. The van der Waals surface area contributed by atoms with Crippen LogP contribution < -0.4 is 5.73 Å². The molecule has 0 saturated heterocycles. The average Bonchev–Trinajstić information content (AvgIpc) is 2.74. The Morgan fingerprint density at radius 2 is 2.24 bits per heavy atom. The fourth-order valence-electron chi connectivity index (χ4n) is 1.82. The predicted octanol–water partition coefficient (Wildman–Crippen LogP) is 1.26. The number of nitro groups is 1. The van der Waals surface area contributed by atoms with E-state index in [2.05, 4.69) is 9.98 Å². The van der Waals surface area contributed by atoms with Crippen LogP contribution in [-0.4, -0.2) is 30.1 Å². The van der Waals surface area contributed by atoms with E-state index < -0.39 is 22.4 Å². The van der Waals surface area contributed by atoms with Gasteiger partial charge in [0.15, 0.2) is 5.84 Å². The van der Waals surface area contributed by atoms with Gasteiger partial charge >= 0.3 is 5.97 Å². The van der Waals surface area contributed by atoms with E-state index in [0.29, 0.717) is 6.07 Å². The molecule has 2 rings (SSSR count). The molecule has 108 valence electrons. The maximum atomic E-state index is 13.3. The number of rotatable bonds is 2. The lowest BCUT2D eigenvalue weighted by molar-refractivity contribution is -0.385. The first kappa shape index (κ1) is 14.3. The lowest BCUT2D eigenvalue weighted by Gasteiger charge is -2.00. The van der Waals surface area contributed by atoms with E-state index in [-0.39, 0.29) is 22.7 Å². The van der Waals surface area contributed by atoms with Gasteiger partial charge < -0.3 is 10.5 Å². The van der Waals surface area contributed by atoms with Gasteiger partial charge in [-0.3, -0.25) is 15.1 Å². The maximum absolute atomic E-state index is 13.3. The molecule has 0 amide bonds. The van der Waals surface area contributed by atoms with Crippen molar-refractivity contribution in [1.82, 2.24) is 0 Å². The molecule has 1 aromatic carbocycles. The van der Waals surface area contributed by atoms with E-state index in [9.17, 15) is 19.3 Å². The molecule has 21 heavy (non-hydrogen) atoms. The number of hydrogen-bond acceptors (Lipinski definition) is 5. The van der Waals surface area contributed by atoms with Crippen LogP contribution in [-0.2, 0) is 4.74 Å². The zero-order valence-corrected chi connectivity index (χ0v) is 10.7. The number of aliphatic imine (C=N–C) groups is 2. The Bertz CT molecular complexity index is 724. The number of carbonyl (C=O) groups excluding carboxylic acids is 1. The second kappa shape index (κ2) is 5.49. The molecular weight excluding hydrogens is 283 g/mol. The highest BCUT2D eigenvalue weighted by Gasteiger charge is 2.35. The highest BCUT2D eigenvalue weighted by Crippen LogP contribution is 2.37. The molecule has 0 spiro atoms. The minimum absolute atomic E-state index is 0.0896. The van der Waals surface area contributed by atoms with E-state index >= 15 is 0 Å². The van der Waals surface area contributed by atoms with Crippen molar-refractivity contribution in [2.24, 2.45) is 15.7 Å². The third-order valence-electron chi connectivity index (χ3n) is 2.64. The molecule has 0 saturated carbocycles. The molecule has 1 aliphatic rings. The summed E-state index contributed by atoms with van der Waals surface area (Å²) in [7, 11) is 1.41. The zero-order chi connectivity index (χ0) is 15.6. The van der Waals surface area contributed by atoms with Crippen molar-refractivity contribution >= 4 is 29.6 Å². The molecule has 0 unspecified atom stereocenters. The van der Waals surface area contributed by atoms with Gasteiger partial charge in [-0.2, -0.15) is 0 Å². The molecule has 0 aliphatic carbocycles. The van der Waals surface area contributed by atoms with E-state index in [1.165, 1.54) is 13.1 Å². The Hall–Kier alpha value is -3.10. The number of amidine groups is 1.